The summed E-state index contributed by atoms with van der Waals surface area (Å²) in [5.41, 5.74) is -4.95. The maximum absolute atomic E-state index is 15.3. The molecule has 5 rings (SSSR count). The summed E-state index contributed by atoms with van der Waals surface area (Å²) in [6, 6.07) is 0. The van der Waals surface area contributed by atoms with Gasteiger partial charge in [0.1, 0.15) is 5.60 Å². The van der Waals surface area contributed by atoms with Gasteiger partial charge in [-0.15, -0.1) is 0 Å². The molecule has 1 heterocycles. The Hall–Kier alpha value is -0.960. The van der Waals surface area contributed by atoms with Gasteiger partial charge >= 0.3 is 23.9 Å². The van der Waals surface area contributed by atoms with Gasteiger partial charge in [0.15, 0.2) is 0 Å². The minimum absolute atomic E-state index is 0.0150. The van der Waals surface area contributed by atoms with E-state index in [2.05, 4.69) is 0 Å². The molecule has 5 aliphatic rings. The summed E-state index contributed by atoms with van der Waals surface area (Å²) in [5, 5.41) is 10.1. The van der Waals surface area contributed by atoms with Crippen LogP contribution in [0, 0.1) is 35.5 Å². The van der Waals surface area contributed by atoms with Crippen LogP contribution in [-0.4, -0.2) is 40.2 Å². The molecule has 9 heteroatoms. The molecular weight excluding hydrogens is 387 g/mol. The fourth-order valence-corrected chi connectivity index (χ4v) is 7.93. The second-order valence-corrected chi connectivity index (χ2v) is 9.63. The third-order valence-corrected chi connectivity index (χ3v) is 8.67. The molecule has 1 aliphatic heterocycles. The van der Waals surface area contributed by atoms with Gasteiger partial charge < -0.3 is 14.6 Å². The van der Waals surface area contributed by atoms with Crippen LogP contribution >= 0.6 is 0 Å². The van der Waals surface area contributed by atoms with Crippen LogP contribution in [-0.2, 0) is 14.3 Å². The van der Waals surface area contributed by atoms with Crippen LogP contribution in [0.2, 0.25) is 0 Å². The SMILES string of the molecule is CC(=O)OC1(C)C2(CC3CC2C2C4CCC(C4)C32)OC(O)(C(F)(F)F)C1(F)F. The van der Waals surface area contributed by atoms with Gasteiger partial charge in [0.2, 0.25) is 5.60 Å². The van der Waals surface area contributed by atoms with Gasteiger partial charge in [-0.1, -0.05) is 0 Å². The number of carbonyl (C=O) groups excluding carboxylic acids is 1. The summed E-state index contributed by atoms with van der Waals surface area (Å²) in [5.74, 6) is -10.2. The van der Waals surface area contributed by atoms with Gasteiger partial charge in [0, 0.05) is 6.92 Å². The van der Waals surface area contributed by atoms with Crippen molar-refractivity contribution in [3.63, 3.8) is 0 Å². The molecule has 1 N–H and O–H groups in total. The van der Waals surface area contributed by atoms with Crippen LogP contribution in [0.1, 0.15) is 46.0 Å². The molecule has 0 amide bonds. The molecule has 0 aromatic heterocycles. The molecule has 4 aliphatic carbocycles. The van der Waals surface area contributed by atoms with E-state index in [0.717, 1.165) is 33.1 Å². The van der Waals surface area contributed by atoms with Crippen molar-refractivity contribution < 1.29 is 41.3 Å². The zero-order valence-electron chi connectivity index (χ0n) is 15.6. The smallest absolute Gasteiger partial charge is 0.449 e. The summed E-state index contributed by atoms with van der Waals surface area (Å²) in [7, 11) is 0. The Morgan fingerprint density at radius 3 is 2.29 bits per heavy atom. The van der Waals surface area contributed by atoms with Crippen molar-refractivity contribution in [2.24, 2.45) is 35.5 Å². The van der Waals surface area contributed by atoms with Crippen molar-refractivity contribution in [3.05, 3.63) is 0 Å². The molecule has 0 aromatic rings. The molecule has 4 bridgehead atoms. The van der Waals surface area contributed by atoms with Gasteiger partial charge in [-0.3, -0.25) is 4.79 Å². The van der Waals surface area contributed by atoms with Crippen molar-refractivity contribution in [3.8, 4) is 0 Å². The van der Waals surface area contributed by atoms with E-state index in [1.54, 1.807) is 0 Å². The van der Waals surface area contributed by atoms with E-state index in [4.69, 9.17) is 9.47 Å². The Morgan fingerprint density at radius 2 is 1.71 bits per heavy atom. The van der Waals surface area contributed by atoms with Crippen LogP contribution in [0.3, 0.4) is 0 Å². The number of alkyl halides is 5. The summed E-state index contributed by atoms with van der Waals surface area (Å²) >= 11 is 0. The van der Waals surface area contributed by atoms with Crippen molar-refractivity contribution in [1.82, 2.24) is 0 Å². The number of aliphatic hydroxyl groups is 1. The predicted molar refractivity (Wildman–Crippen MR) is 84.0 cm³/mol. The van der Waals surface area contributed by atoms with Gasteiger partial charge in [-0.2, -0.15) is 22.0 Å². The summed E-state index contributed by atoms with van der Waals surface area (Å²) in [6.45, 7) is 1.69. The van der Waals surface area contributed by atoms with E-state index in [1.165, 1.54) is 0 Å². The number of hydrogen-bond donors (Lipinski definition) is 1. The fraction of sp³-hybridized carbons (Fsp3) is 0.947. The normalized spacial score (nSPS) is 55.9. The zero-order valence-corrected chi connectivity index (χ0v) is 15.6. The molecule has 0 aromatic carbocycles. The number of ether oxygens (including phenoxy) is 2. The highest BCUT2D eigenvalue weighted by molar-refractivity contribution is 5.67. The third kappa shape index (κ3) is 1.78. The van der Waals surface area contributed by atoms with Crippen molar-refractivity contribution in [2.75, 3.05) is 0 Å². The van der Waals surface area contributed by atoms with E-state index in [-0.39, 0.29) is 24.2 Å². The number of hydrogen-bond acceptors (Lipinski definition) is 4. The molecule has 4 nitrogen and oxygen atoms in total. The maximum atomic E-state index is 15.3. The molecule has 4 saturated carbocycles. The van der Waals surface area contributed by atoms with E-state index in [1.807, 2.05) is 0 Å². The molecule has 5 fully saturated rings. The lowest BCUT2D eigenvalue weighted by atomic mass is 9.61. The highest BCUT2D eigenvalue weighted by Gasteiger charge is 2.92. The molecule has 158 valence electrons. The van der Waals surface area contributed by atoms with Crippen LogP contribution in [0.4, 0.5) is 22.0 Å². The quantitative estimate of drug-likeness (QED) is 0.407. The number of esters is 1. The molecule has 0 radical (unpaired) electrons. The molecular formula is C19H23F5O4. The molecule has 28 heavy (non-hydrogen) atoms. The minimum Gasteiger partial charge on any atom is -0.450 e. The lowest BCUT2D eigenvalue weighted by Crippen LogP contribution is -2.66. The molecule has 1 saturated heterocycles. The minimum atomic E-state index is -5.74. The summed E-state index contributed by atoms with van der Waals surface area (Å²) in [6.07, 6.45) is -2.33. The fourth-order valence-electron chi connectivity index (χ4n) is 7.93. The first-order valence-electron chi connectivity index (χ1n) is 9.86. The first-order chi connectivity index (χ1) is 12.8. The van der Waals surface area contributed by atoms with E-state index < -0.39 is 41.0 Å². The second kappa shape index (κ2) is 5.02. The van der Waals surface area contributed by atoms with Crippen LogP contribution in [0.25, 0.3) is 0 Å². The maximum Gasteiger partial charge on any atom is 0.449 e. The Balaban J connectivity index is 1.65. The lowest BCUT2D eigenvalue weighted by Gasteiger charge is -2.50. The Morgan fingerprint density at radius 1 is 1.11 bits per heavy atom. The summed E-state index contributed by atoms with van der Waals surface area (Å²) in [4.78, 5) is 11.7. The summed E-state index contributed by atoms with van der Waals surface area (Å²) < 4.78 is 81.4. The lowest BCUT2D eigenvalue weighted by molar-refractivity contribution is -0.418. The monoisotopic (exact) mass is 410 g/mol. The first kappa shape index (κ1) is 19.0. The highest BCUT2D eigenvalue weighted by atomic mass is 19.4. The zero-order chi connectivity index (χ0) is 20.5. The number of halogens is 5. The van der Waals surface area contributed by atoms with E-state index in [9.17, 15) is 23.1 Å². The number of rotatable bonds is 1. The topological polar surface area (TPSA) is 55.8 Å². The Bertz CT molecular complexity index is 740. The van der Waals surface area contributed by atoms with Crippen LogP contribution in [0.5, 0.6) is 0 Å². The average molecular weight is 410 g/mol. The van der Waals surface area contributed by atoms with Gasteiger partial charge in [0.05, 0.1) is 0 Å². The van der Waals surface area contributed by atoms with Crippen LogP contribution < -0.4 is 0 Å². The van der Waals surface area contributed by atoms with Crippen molar-refractivity contribution in [1.29, 1.82) is 0 Å². The standard InChI is InChI=1S/C19H23F5O4/c1-8(25)27-15(2)16(28-18(26,17(15,20)21)19(22,23)24)7-11-6-12(16)14-10-4-3-9(5-10)13(11)14/h9-14,26H,3-7H2,1-2H3. The second-order valence-electron chi connectivity index (χ2n) is 9.63. The van der Waals surface area contributed by atoms with Gasteiger partial charge in [-0.25, -0.2) is 0 Å². The Kier molecular flexibility index (Phi) is 3.41. The van der Waals surface area contributed by atoms with Crippen molar-refractivity contribution >= 4 is 5.97 Å². The third-order valence-electron chi connectivity index (χ3n) is 8.67. The average Bonchev–Trinajstić information content (AvgIpc) is 3.31. The number of fused-ring (bicyclic) bond motifs is 10. The first-order valence-corrected chi connectivity index (χ1v) is 9.86. The van der Waals surface area contributed by atoms with E-state index >= 15 is 8.78 Å². The molecule has 1 spiro atoms. The number of carbonyl (C=O) groups is 1. The van der Waals surface area contributed by atoms with Crippen molar-refractivity contribution in [2.45, 2.75) is 75.0 Å². The van der Waals surface area contributed by atoms with Crippen LogP contribution in [0.15, 0.2) is 0 Å². The van der Waals surface area contributed by atoms with E-state index in [0.29, 0.717) is 18.3 Å². The van der Waals surface area contributed by atoms with Gasteiger partial charge in [-0.05, 0) is 74.5 Å². The predicted octanol–water partition coefficient (Wildman–Crippen LogP) is 3.67. The highest BCUT2D eigenvalue weighted by Crippen LogP contribution is 2.76. The molecule has 9 unspecified atom stereocenters. The van der Waals surface area contributed by atoms with Gasteiger partial charge in [0.25, 0.3) is 0 Å². The largest absolute Gasteiger partial charge is 0.450 e. The Labute approximate surface area is 158 Å². The molecule has 9 atom stereocenters.